The lowest BCUT2D eigenvalue weighted by molar-refractivity contribution is -0.384. The minimum Gasteiger partial charge on any atom is -0.352 e. The van der Waals surface area contributed by atoms with E-state index in [1.807, 2.05) is 30.3 Å². The quantitative estimate of drug-likeness (QED) is 0.126. The fraction of sp³-hybridized carbons (Fsp3) is 0.278. The maximum absolute atomic E-state index is 14.6. The van der Waals surface area contributed by atoms with Gasteiger partial charge >= 0.3 is 0 Å². The van der Waals surface area contributed by atoms with Crippen LogP contribution in [0.5, 0.6) is 0 Å². The van der Waals surface area contributed by atoms with Gasteiger partial charge in [-0.25, -0.2) is 8.42 Å². The number of nitrogens with zero attached hydrogens (tertiary/aromatic N) is 3. The van der Waals surface area contributed by atoms with Crippen LogP contribution in [0, 0.1) is 10.1 Å². The van der Waals surface area contributed by atoms with E-state index in [1.54, 1.807) is 42.5 Å². The Labute approximate surface area is 285 Å². The number of nitro groups is 1. The summed E-state index contributed by atoms with van der Waals surface area (Å²) in [6.45, 7) is -0.812. The van der Waals surface area contributed by atoms with Crippen molar-refractivity contribution in [2.45, 2.75) is 62.0 Å². The molecular weight excluding hydrogens is 652 g/mol. The predicted molar refractivity (Wildman–Crippen MR) is 185 cm³/mol. The largest absolute Gasteiger partial charge is 0.352 e. The molecule has 1 atom stereocenters. The van der Waals surface area contributed by atoms with Crippen LogP contribution in [0.2, 0.25) is 5.02 Å². The van der Waals surface area contributed by atoms with Gasteiger partial charge in [-0.1, -0.05) is 104 Å². The lowest BCUT2D eigenvalue weighted by atomic mass is 9.94. The van der Waals surface area contributed by atoms with Crippen molar-refractivity contribution in [2.75, 3.05) is 10.8 Å². The van der Waals surface area contributed by atoms with Crippen molar-refractivity contribution in [1.29, 1.82) is 0 Å². The Morgan fingerprint density at radius 2 is 1.52 bits per heavy atom. The van der Waals surface area contributed by atoms with Crippen molar-refractivity contribution in [3.63, 3.8) is 0 Å². The number of amides is 2. The van der Waals surface area contributed by atoms with Crippen LogP contribution in [0.3, 0.4) is 0 Å². The summed E-state index contributed by atoms with van der Waals surface area (Å²) in [6, 6.07) is 27.9. The van der Waals surface area contributed by atoms with Crippen LogP contribution in [0.1, 0.15) is 43.2 Å². The van der Waals surface area contributed by atoms with E-state index in [0.717, 1.165) is 48.0 Å². The molecule has 5 rings (SSSR count). The Morgan fingerprint density at radius 1 is 0.875 bits per heavy atom. The number of nitrogens with one attached hydrogen (secondary N) is 1. The molecule has 1 saturated carbocycles. The molecule has 4 aromatic rings. The summed E-state index contributed by atoms with van der Waals surface area (Å²) in [5.41, 5.74) is 0.981. The average molecular weight is 689 g/mol. The SMILES string of the molecule is O=C(NC1CCCCC1)[C@H](Cc1ccccc1)N(Cc1ccccc1Cl)C(=O)CN(c1cccc([N+](=O)[O-])c1)S(=O)(=O)c1ccccc1. The van der Waals surface area contributed by atoms with Gasteiger partial charge in [0.15, 0.2) is 0 Å². The number of anilines is 1. The van der Waals surface area contributed by atoms with Crippen LogP contribution in [0.4, 0.5) is 11.4 Å². The van der Waals surface area contributed by atoms with Crippen molar-refractivity contribution in [2.24, 2.45) is 0 Å². The second kappa shape index (κ2) is 15.9. The zero-order valence-corrected chi connectivity index (χ0v) is 27.9. The van der Waals surface area contributed by atoms with Crippen molar-refractivity contribution < 1.29 is 22.9 Å². The van der Waals surface area contributed by atoms with Crippen molar-refractivity contribution >= 4 is 44.8 Å². The zero-order chi connectivity index (χ0) is 34.1. The highest BCUT2D eigenvalue weighted by Gasteiger charge is 2.36. The summed E-state index contributed by atoms with van der Waals surface area (Å²) in [7, 11) is -4.40. The van der Waals surface area contributed by atoms with Crippen LogP contribution in [0.15, 0.2) is 114 Å². The van der Waals surface area contributed by atoms with Gasteiger partial charge in [0.25, 0.3) is 15.7 Å². The fourth-order valence-electron chi connectivity index (χ4n) is 5.92. The van der Waals surface area contributed by atoms with Crippen molar-refractivity contribution in [3.05, 3.63) is 135 Å². The predicted octanol–water partition coefficient (Wildman–Crippen LogP) is 6.53. The van der Waals surface area contributed by atoms with E-state index >= 15 is 0 Å². The number of nitro benzene ring substituents is 1. The molecule has 1 aliphatic carbocycles. The molecule has 1 aliphatic rings. The molecule has 0 radical (unpaired) electrons. The number of carbonyl (C=O) groups excluding carboxylic acids is 2. The van der Waals surface area contributed by atoms with E-state index in [2.05, 4.69) is 5.32 Å². The minimum atomic E-state index is -4.40. The maximum Gasteiger partial charge on any atom is 0.271 e. The number of non-ortho nitro benzene ring substituents is 1. The molecular formula is C36H37ClN4O6S. The van der Waals surface area contributed by atoms with E-state index < -0.39 is 33.4 Å². The number of benzene rings is 4. The van der Waals surface area contributed by atoms with E-state index in [4.69, 9.17) is 11.6 Å². The summed E-state index contributed by atoms with van der Waals surface area (Å²) in [6.07, 6.45) is 4.91. The first-order valence-corrected chi connectivity index (χ1v) is 17.6. The summed E-state index contributed by atoms with van der Waals surface area (Å²) in [5, 5.41) is 15.2. The number of rotatable bonds is 13. The molecule has 0 saturated heterocycles. The molecule has 0 aromatic heterocycles. The van der Waals surface area contributed by atoms with Crippen molar-refractivity contribution in [1.82, 2.24) is 10.2 Å². The Hall–Kier alpha value is -4.74. The Kier molecular flexibility index (Phi) is 11.5. The average Bonchev–Trinajstić information content (AvgIpc) is 3.10. The van der Waals surface area contributed by atoms with Gasteiger partial charge in [0, 0.05) is 36.2 Å². The topological polar surface area (TPSA) is 130 Å². The molecule has 1 fully saturated rings. The first-order valence-electron chi connectivity index (χ1n) is 15.8. The summed E-state index contributed by atoms with van der Waals surface area (Å²) in [4.78, 5) is 41.1. The molecule has 2 amide bonds. The van der Waals surface area contributed by atoms with Gasteiger partial charge in [-0.15, -0.1) is 0 Å². The monoisotopic (exact) mass is 688 g/mol. The van der Waals surface area contributed by atoms with E-state index in [1.165, 1.54) is 35.2 Å². The number of halogens is 1. The van der Waals surface area contributed by atoms with Gasteiger partial charge < -0.3 is 10.2 Å². The highest BCUT2D eigenvalue weighted by Crippen LogP contribution is 2.29. The Balaban J connectivity index is 1.59. The van der Waals surface area contributed by atoms with E-state index in [9.17, 15) is 28.1 Å². The second-order valence-corrected chi connectivity index (χ2v) is 14.0. The van der Waals surface area contributed by atoms with Crippen LogP contribution in [-0.4, -0.2) is 48.7 Å². The maximum atomic E-state index is 14.6. The molecule has 1 N–H and O–H groups in total. The molecule has 10 nitrogen and oxygen atoms in total. The smallest absolute Gasteiger partial charge is 0.271 e. The number of carbonyl (C=O) groups is 2. The van der Waals surface area contributed by atoms with Gasteiger partial charge in [0.2, 0.25) is 11.8 Å². The molecule has 48 heavy (non-hydrogen) atoms. The van der Waals surface area contributed by atoms with Gasteiger partial charge in [0.1, 0.15) is 12.6 Å². The third-order valence-corrected chi connectivity index (χ3v) is 10.6. The number of hydrogen-bond acceptors (Lipinski definition) is 6. The highest BCUT2D eigenvalue weighted by molar-refractivity contribution is 7.92. The van der Waals surface area contributed by atoms with Crippen LogP contribution >= 0.6 is 11.6 Å². The van der Waals surface area contributed by atoms with Crippen LogP contribution in [-0.2, 0) is 32.6 Å². The summed E-state index contributed by atoms with van der Waals surface area (Å²) in [5.74, 6) is -1.03. The molecule has 0 aliphatic heterocycles. The molecule has 250 valence electrons. The molecule has 0 heterocycles. The van der Waals surface area contributed by atoms with Gasteiger partial charge in [-0.05, 0) is 48.2 Å². The standard InChI is InChI=1S/C36H37ClN4O6S/c37-33-22-11-10-15-28(33)25-39(34(23-27-13-4-1-5-14-27)36(43)38-29-16-6-2-7-17-29)35(42)26-40(30-18-12-19-31(24-30)41(44)45)48(46,47)32-20-8-3-9-21-32/h1,3-5,8-15,18-22,24,29,34H,2,6-7,16-17,23,25-26H2,(H,38,43)/t34-/m0/s1. The van der Waals surface area contributed by atoms with Gasteiger partial charge in [-0.2, -0.15) is 0 Å². The van der Waals surface area contributed by atoms with E-state index in [0.29, 0.717) is 10.6 Å². The molecule has 0 spiro atoms. The van der Waals surface area contributed by atoms with Crippen LogP contribution in [0.25, 0.3) is 0 Å². The minimum absolute atomic E-state index is 0.0402. The normalized spacial score (nSPS) is 14.1. The third-order valence-electron chi connectivity index (χ3n) is 8.46. The molecule has 12 heteroatoms. The van der Waals surface area contributed by atoms with Gasteiger partial charge in [0.05, 0.1) is 15.5 Å². The first kappa shape index (κ1) is 34.6. The second-order valence-electron chi connectivity index (χ2n) is 11.8. The van der Waals surface area contributed by atoms with E-state index in [-0.39, 0.29) is 41.2 Å². The molecule has 0 unspecified atom stereocenters. The fourth-order valence-corrected chi connectivity index (χ4v) is 7.54. The van der Waals surface area contributed by atoms with Gasteiger partial charge in [-0.3, -0.25) is 24.0 Å². The lowest BCUT2D eigenvalue weighted by Crippen LogP contribution is -2.55. The first-order chi connectivity index (χ1) is 23.1. The third kappa shape index (κ3) is 8.59. The number of sulfonamides is 1. The summed E-state index contributed by atoms with van der Waals surface area (Å²) >= 11 is 6.57. The molecule has 4 aromatic carbocycles. The Morgan fingerprint density at radius 3 is 2.19 bits per heavy atom. The zero-order valence-electron chi connectivity index (χ0n) is 26.3. The highest BCUT2D eigenvalue weighted by atomic mass is 35.5. The van der Waals surface area contributed by atoms with Crippen LogP contribution < -0.4 is 9.62 Å². The number of hydrogen-bond donors (Lipinski definition) is 1. The lowest BCUT2D eigenvalue weighted by Gasteiger charge is -2.35. The summed E-state index contributed by atoms with van der Waals surface area (Å²) < 4.78 is 29.1. The van der Waals surface area contributed by atoms with Crippen molar-refractivity contribution in [3.8, 4) is 0 Å². The molecule has 0 bridgehead atoms. The Bertz CT molecular complexity index is 1840.